The molecule has 0 aliphatic carbocycles. The fraction of sp³-hybridized carbons (Fsp3) is 0.182. The Bertz CT molecular complexity index is 436. The molecule has 78 valence electrons. The van der Waals surface area contributed by atoms with Crippen LogP contribution >= 0.6 is 15.9 Å². The summed E-state index contributed by atoms with van der Waals surface area (Å²) in [5, 5.41) is 7.56. The zero-order valence-corrected chi connectivity index (χ0v) is 10.0. The second-order valence-electron chi connectivity index (χ2n) is 3.23. The Kier molecular flexibility index (Phi) is 3.18. The van der Waals surface area contributed by atoms with Crippen molar-refractivity contribution in [3.8, 4) is 5.69 Å². The van der Waals surface area contributed by atoms with Crippen LogP contribution in [0.5, 0.6) is 0 Å². The molecule has 3 nitrogen and oxygen atoms in total. The monoisotopic (exact) mass is 265 g/mol. The van der Waals surface area contributed by atoms with Crippen LogP contribution in [0, 0.1) is 0 Å². The van der Waals surface area contributed by atoms with Crippen LogP contribution in [0.1, 0.15) is 5.69 Å². The lowest BCUT2D eigenvalue weighted by molar-refractivity contribution is 0.755. The van der Waals surface area contributed by atoms with Gasteiger partial charge in [-0.3, -0.25) is 0 Å². The summed E-state index contributed by atoms with van der Waals surface area (Å²) in [5.41, 5.74) is 2.09. The van der Waals surface area contributed by atoms with E-state index in [0.29, 0.717) is 0 Å². The predicted octanol–water partition coefficient (Wildman–Crippen LogP) is 2.35. The van der Waals surface area contributed by atoms with Gasteiger partial charge in [0.15, 0.2) is 0 Å². The normalized spacial score (nSPS) is 10.5. The van der Waals surface area contributed by atoms with Crippen molar-refractivity contribution in [1.29, 1.82) is 0 Å². The molecule has 0 amide bonds. The maximum absolute atomic E-state index is 4.48. The van der Waals surface area contributed by atoms with Crippen molar-refractivity contribution >= 4 is 15.9 Å². The highest BCUT2D eigenvalue weighted by Gasteiger charge is 2.05. The van der Waals surface area contributed by atoms with Crippen molar-refractivity contribution < 1.29 is 0 Å². The number of halogens is 1. The van der Waals surface area contributed by atoms with Crippen LogP contribution in [-0.4, -0.2) is 16.8 Å². The lowest BCUT2D eigenvalue weighted by atomic mass is 10.3. The Morgan fingerprint density at radius 2 is 2.07 bits per heavy atom. The predicted molar refractivity (Wildman–Crippen MR) is 64.0 cm³/mol. The molecule has 1 N–H and O–H groups in total. The Hall–Kier alpha value is -1.13. The van der Waals surface area contributed by atoms with E-state index in [1.807, 2.05) is 48.3 Å². The van der Waals surface area contributed by atoms with Gasteiger partial charge in [-0.15, -0.1) is 0 Å². The molecule has 0 unspecified atom stereocenters. The van der Waals surface area contributed by atoms with Crippen molar-refractivity contribution in [2.75, 3.05) is 7.05 Å². The molecule has 0 bridgehead atoms. The maximum Gasteiger partial charge on any atom is 0.0908 e. The first-order chi connectivity index (χ1) is 7.31. The first kappa shape index (κ1) is 10.4. The first-order valence-corrected chi connectivity index (χ1v) is 5.54. The van der Waals surface area contributed by atoms with Crippen molar-refractivity contribution in [2.24, 2.45) is 0 Å². The molecule has 15 heavy (non-hydrogen) atoms. The van der Waals surface area contributed by atoms with Gasteiger partial charge in [0.1, 0.15) is 0 Å². The fourth-order valence-corrected chi connectivity index (χ4v) is 1.80. The lowest BCUT2D eigenvalue weighted by Crippen LogP contribution is -2.06. The Balaban J connectivity index is 2.34. The van der Waals surface area contributed by atoms with E-state index < -0.39 is 0 Å². The number of hydrogen-bond acceptors (Lipinski definition) is 2. The quantitative estimate of drug-likeness (QED) is 0.924. The largest absolute Gasteiger partial charge is 0.314 e. The van der Waals surface area contributed by atoms with E-state index in [4.69, 9.17) is 0 Å². The minimum Gasteiger partial charge on any atom is -0.314 e. The second kappa shape index (κ2) is 4.59. The Morgan fingerprint density at radius 1 is 1.33 bits per heavy atom. The van der Waals surface area contributed by atoms with Gasteiger partial charge in [-0.05, 0) is 35.1 Å². The average Bonchev–Trinajstić information content (AvgIpc) is 2.63. The van der Waals surface area contributed by atoms with Crippen LogP contribution < -0.4 is 5.32 Å². The fourth-order valence-electron chi connectivity index (χ4n) is 1.39. The molecule has 0 atom stereocenters. The molecule has 0 aliphatic heterocycles. The summed E-state index contributed by atoms with van der Waals surface area (Å²) in [5.74, 6) is 0. The number of nitrogens with one attached hydrogen (secondary N) is 1. The summed E-state index contributed by atoms with van der Waals surface area (Å²) >= 11 is 3.49. The van der Waals surface area contributed by atoms with E-state index in [-0.39, 0.29) is 0 Å². The van der Waals surface area contributed by atoms with E-state index in [1.54, 1.807) is 0 Å². The van der Waals surface area contributed by atoms with Gasteiger partial charge in [0, 0.05) is 12.7 Å². The third-order valence-electron chi connectivity index (χ3n) is 2.10. The van der Waals surface area contributed by atoms with Gasteiger partial charge in [-0.2, -0.15) is 5.10 Å². The van der Waals surface area contributed by atoms with Gasteiger partial charge >= 0.3 is 0 Å². The van der Waals surface area contributed by atoms with Gasteiger partial charge in [-0.1, -0.05) is 18.2 Å². The number of para-hydroxylation sites is 1. The average molecular weight is 266 g/mol. The highest BCUT2D eigenvalue weighted by Crippen LogP contribution is 2.17. The van der Waals surface area contributed by atoms with Crippen LogP contribution in [0.2, 0.25) is 0 Å². The molecular formula is C11H12BrN3. The van der Waals surface area contributed by atoms with Crippen molar-refractivity contribution in [2.45, 2.75) is 6.54 Å². The number of rotatable bonds is 3. The molecule has 0 fully saturated rings. The SMILES string of the molecule is CNCc1nn(-c2ccccc2)cc1Br. The standard InChI is InChI=1S/C11H12BrN3/c1-13-7-11-10(12)8-15(14-11)9-5-3-2-4-6-9/h2-6,8,13H,7H2,1H3. The number of nitrogens with zero attached hydrogens (tertiary/aromatic N) is 2. The molecule has 0 radical (unpaired) electrons. The van der Waals surface area contributed by atoms with Crippen molar-refractivity contribution in [1.82, 2.24) is 15.1 Å². The molecular weight excluding hydrogens is 254 g/mol. The van der Waals surface area contributed by atoms with Crippen LogP contribution in [-0.2, 0) is 6.54 Å². The summed E-state index contributed by atoms with van der Waals surface area (Å²) in [4.78, 5) is 0. The van der Waals surface area contributed by atoms with Crippen LogP contribution in [0.3, 0.4) is 0 Å². The smallest absolute Gasteiger partial charge is 0.0908 e. The molecule has 2 aromatic rings. The summed E-state index contributed by atoms with van der Waals surface area (Å²) in [6, 6.07) is 10.1. The summed E-state index contributed by atoms with van der Waals surface area (Å²) in [7, 11) is 1.91. The molecule has 0 saturated heterocycles. The number of benzene rings is 1. The molecule has 0 spiro atoms. The number of aromatic nitrogens is 2. The number of hydrogen-bond donors (Lipinski definition) is 1. The van der Waals surface area contributed by atoms with E-state index in [9.17, 15) is 0 Å². The minimum atomic E-state index is 0.764. The highest BCUT2D eigenvalue weighted by molar-refractivity contribution is 9.10. The lowest BCUT2D eigenvalue weighted by Gasteiger charge is -1.99. The topological polar surface area (TPSA) is 29.9 Å². The van der Waals surface area contributed by atoms with Gasteiger partial charge in [-0.25, -0.2) is 4.68 Å². The van der Waals surface area contributed by atoms with E-state index >= 15 is 0 Å². The van der Waals surface area contributed by atoms with Gasteiger partial charge in [0.2, 0.25) is 0 Å². The molecule has 1 aromatic carbocycles. The van der Waals surface area contributed by atoms with Gasteiger partial charge in [0.25, 0.3) is 0 Å². The van der Waals surface area contributed by atoms with E-state index in [1.165, 1.54) is 0 Å². The van der Waals surface area contributed by atoms with Crippen molar-refractivity contribution in [3.63, 3.8) is 0 Å². The van der Waals surface area contributed by atoms with Crippen LogP contribution in [0.25, 0.3) is 5.69 Å². The van der Waals surface area contributed by atoms with Gasteiger partial charge < -0.3 is 5.32 Å². The Morgan fingerprint density at radius 3 is 2.73 bits per heavy atom. The zero-order chi connectivity index (χ0) is 10.7. The molecule has 0 saturated carbocycles. The molecule has 4 heteroatoms. The molecule has 0 aliphatic rings. The molecule has 1 aromatic heterocycles. The first-order valence-electron chi connectivity index (χ1n) is 4.75. The van der Waals surface area contributed by atoms with Crippen LogP contribution in [0.4, 0.5) is 0 Å². The van der Waals surface area contributed by atoms with Gasteiger partial charge in [0.05, 0.1) is 15.9 Å². The summed E-state index contributed by atoms with van der Waals surface area (Å²) < 4.78 is 2.90. The third-order valence-corrected chi connectivity index (χ3v) is 2.77. The van der Waals surface area contributed by atoms with E-state index in [0.717, 1.165) is 22.4 Å². The Labute approximate surface area is 97.2 Å². The maximum atomic E-state index is 4.48. The summed E-state index contributed by atoms with van der Waals surface area (Å²) in [6.07, 6.45) is 1.97. The highest BCUT2D eigenvalue weighted by atomic mass is 79.9. The van der Waals surface area contributed by atoms with E-state index in [2.05, 4.69) is 26.3 Å². The second-order valence-corrected chi connectivity index (χ2v) is 4.09. The third kappa shape index (κ3) is 2.27. The van der Waals surface area contributed by atoms with Crippen molar-refractivity contribution in [3.05, 3.63) is 46.7 Å². The minimum absolute atomic E-state index is 0.764. The van der Waals surface area contributed by atoms with Crippen LogP contribution in [0.15, 0.2) is 41.0 Å². The molecule has 2 rings (SSSR count). The molecule has 1 heterocycles. The summed E-state index contributed by atoms with van der Waals surface area (Å²) in [6.45, 7) is 0.764. The zero-order valence-electron chi connectivity index (χ0n) is 8.44.